The summed E-state index contributed by atoms with van der Waals surface area (Å²) in [6.45, 7) is 5.65. The van der Waals surface area contributed by atoms with Crippen LogP contribution in [-0.4, -0.2) is 47.9 Å². The molecular formula is C16H25N3O4. The van der Waals surface area contributed by atoms with Crippen LogP contribution < -0.4 is 11.0 Å². The Morgan fingerprint density at radius 3 is 3.00 bits per heavy atom. The zero-order valence-electron chi connectivity index (χ0n) is 13.8. The fourth-order valence-electron chi connectivity index (χ4n) is 2.63. The Balaban J connectivity index is 1.66. The molecule has 0 saturated carbocycles. The van der Waals surface area contributed by atoms with E-state index in [2.05, 4.69) is 10.3 Å². The monoisotopic (exact) mass is 323 g/mol. The first kappa shape index (κ1) is 17.6. The molecule has 0 radical (unpaired) electrons. The van der Waals surface area contributed by atoms with Crippen molar-refractivity contribution in [2.75, 3.05) is 26.4 Å². The number of nitrogens with zero attached hydrogens (tertiary/aromatic N) is 2. The SMILES string of the molecule is Cc1cc(C)n(CCNC(=O)COC[C@H]2CCCCO2)c(=O)n1. The number of rotatable bonds is 7. The molecule has 1 aromatic heterocycles. The van der Waals surface area contributed by atoms with E-state index in [1.54, 1.807) is 11.5 Å². The van der Waals surface area contributed by atoms with Crippen molar-refractivity contribution >= 4 is 5.91 Å². The Kier molecular flexibility index (Phi) is 6.73. The van der Waals surface area contributed by atoms with Gasteiger partial charge >= 0.3 is 5.69 Å². The first-order valence-electron chi connectivity index (χ1n) is 8.07. The van der Waals surface area contributed by atoms with Crippen LogP contribution >= 0.6 is 0 Å². The van der Waals surface area contributed by atoms with Crippen molar-refractivity contribution in [3.8, 4) is 0 Å². The van der Waals surface area contributed by atoms with Gasteiger partial charge in [-0.15, -0.1) is 0 Å². The van der Waals surface area contributed by atoms with E-state index in [-0.39, 0.29) is 24.3 Å². The molecule has 2 rings (SSSR count). The van der Waals surface area contributed by atoms with E-state index in [4.69, 9.17) is 9.47 Å². The first-order valence-corrected chi connectivity index (χ1v) is 8.07. The molecule has 0 spiro atoms. The maximum atomic E-state index is 11.8. The van der Waals surface area contributed by atoms with Crippen LogP contribution in [0.5, 0.6) is 0 Å². The van der Waals surface area contributed by atoms with Crippen molar-refractivity contribution < 1.29 is 14.3 Å². The van der Waals surface area contributed by atoms with Crippen LogP contribution in [-0.2, 0) is 20.8 Å². The molecule has 1 atom stereocenters. The van der Waals surface area contributed by atoms with Crippen molar-refractivity contribution in [1.29, 1.82) is 0 Å². The molecule has 1 aromatic rings. The number of aromatic nitrogens is 2. The van der Waals surface area contributed by atoms with Crippen molar-refractivity contribution in [1.82, 2.24) is 14.9 Å². The quantitative estimate of drug-likeness (QED) is 0.793. The van der Waals surface area contributed by atoms with Gasteiger partial charge in [0.15, 0.2) is 0 Å². The fourth-order valence-corrected chi connectivity index (χ4v) is 2.63. The predicted molar refractivity (Wildman–Crippen MR) is 85.4 cm³/mol. The van der Waals surface area contributed by atoms with Gasteiger partial charge in [-0.25, -0.2) is 4.79 Å². The molecule has 1 aliphatic rings. The molecule has 1 aliphatic heterocycles. The molecule has 0 unspecified atom stereocenters. The van der Waals surface area contributed by atoms with Crippen LogP contribution in [0.3, 0.4) is 0 Å². The predicted octanol–water partition coefficient (Wildman–Crippen LogP) is 0.562. The van der Waals surface area contributed by atoms with E-state index in [0.29, 0.717) is 25.4 Å². The number of hydrogen-bond acceptors (Lipinski definition) is 5. The molecule has 7 heteroatoms. The van der Waals surface area contributed by atoms with E-state index < -0.39 is 0 Å². The van der Waals surface area contributed by atoms with Gasteiger partial charge in [0, 0.05) is 31.1 Å². The van der Waals surface area contributed by atoms with Crippen LogP contribution in [0.25, 0.3) is 0 Å². The molecule has 2 heterocycles. The topological polar surface area (TPSA) is 82.5 Å². The highest BCUT2D eigenvalue weighted by Gasteiger charge is 2.14. The molecule has 1 N–H and O–H groups in total. The molecule has 0 bridgehead atoms. The van der Waals surface area contributed by atoms with E-state index in [0.717, 1.165) is 31.6 Å². The summed E-state index contributed by atoms with van der Waals surface area (Å²) in [6, 6.07) is 1.84. The normalized spacial score (nSPS) is 17.9. The van der Waals surface area contributed by atoms with Crippen molar-refractivity contribution in [3.05, 3.63) is 27.9 Å². The van der Waals surface area contributed by atoms with Gasteiger partial charge in [0.25, 0.3) is 0 Å². The van der Waals surface area contributed by atoms with E-state index in [1.807, 2.05) is 13.0 Å². The zero-order chi connectivity index (χ0) is 16.7. The van der Waals surface area contributed by atoms with Gasteiger partial charge in [-0.05, 0) is 39.2 Å². The number of hydrogen-bond donors (Lipinski definition) is 1. The standard InChI is InChI=1S/C16H25N3O4/c1-12-9-13(2)19(16(21)18-12)7-6-17-15(20)11-22-10-14-5-3-4-8-23-14/h9,14H,3-8,10-11H2,1-2H3,(H,17,20)/t14-/m1/s1. The second-order valence-electron chi connectivity index (χ2n) is 5.83. The third-order valence-electron chi connectivity index (χ3n) is 3.81. The van der Waals surface area contributed by atoms with E-state index >= 15 is 0 Å². The molecular weight excluding hydrogens is 298 g/mol. The molecule has 0 aromatic carbocycles. The Hall–Kier alpha value is -1.73. The lowest BCUT2D eigenvalue weighted by Gasteiger charge is -2.22. The number of aryl methyl sites for hydroxylation is 2. The lowest BCUT2D eigenvalue weighted by molar-refractivity contribution is -0.127. The minimum atomic E-state index is -0.289. The third kappa shape index (κ3) is 5.76. The largest absolute Gasteiger partial charge is 0.376 e. The Bertz CT molecular complexity index is 579. The van der Waals surface area contributed by atoms with Gasteiger partial charge in [-0.3, -0.25) is 9.36 Å². The molecule has 1 amide bonds. The second-order valence-corrected chi connectivity index (χ2v) is 5.83. The summed E-state index contributed by atoms with van der Waals surface area (Å²) in [6.07, 6.45) is 3.35. The zero-order valence-corrected chi connectivity index (χ0v) is 13.8. The number of carbonyl (C=O) groups excluding carboxylic acids is 1. The molecule has 1 saturated heterocycles. The smallest absolute Gasteiger partial charge is 0.348 e. The average Bonchev–Trinajstić information content (AvgIpc) is 2.51. The lowest BCUT2D eigenvalue weighted by Crippen LogP contribution is -2.35. The Morgan fingerprint density at radius 2 is 2.30 bits per heavy atom. The minimum absolute atomic E-state index is 0.0138. The summed E-state index contributed by atoms with van der Waals surface area (Å²) < 4.78 is 12.5. The minimum Gasteiger partial charge on any atom is -0.376 e. The van der Waals surface area contributed by atoms with Crippen LogP contribution in [0, 0.1) is 13.8 Å². The molecule has 23 heavy (non-hydrogen) atoms. The second kappa shape index (κ2) is 8.79. The Morgan fingerprint density at radius 1 is 1.48 bits per heavy atom. The maximum absolute atomic E-state index is 11.8. The summed E-state index contributed by atoms with van der Waals surface area (Å²) in [7, 11) is 0. The van der Waals surface area contributed by atoms with Gasteiger partial charge in [0.05, 0.1) is 12.7 Å². The highest BCUT2D eigenvalue weighted by Crippen LogP contribution is 2.12. The van der Waals surface area contributed by atoms with Gasteiger partial charge < -0.3 is 14.8 Å². The number of amides is 1. The van der Waals surface area contributed by atoms with Crippen LogP contribution in [0.1, 0.15) is 30.7 Å². The highest BCUT2D eigenvalue weighted by atomic mass is 16.5. The van der Waals surface area contributed by atoms with Gasteiger partial charge in [0.1, 0.15) is 6.61 Å². The highest BCUT2D eigenvalue weighted by molar-refractivity contribution is 5.77. The van der Waals surface area contributed by atoms with Crippen molar-refractivity contribution in [2.24, 2.45) is 0 Å². The summed E-state index contributed by atoms with van der Waals surface area (Å²) >= 11 is 0. The van der Waals surface area contributed by atoms with Crippen molar-refractivity contribution in [2.45, 2.75) is 45.8 Å². The average molecular weight is 323 g/mol. The lowest BCUT2D eigenvalue weighted by atomic mass is 10.1. The fraction of sp³-hybridized carbons (Fsp3) is 0.688. The van der Waals surface area contributed by atoms with E-state index in [1.165, 1.54) is 0 Å². The summed E-state index contributed by atoms with van der Waals surface area (Å²) in [4.78, 5) is 27.4. The third-order valence-corrected chi connectivity index (χ3v) is 3.81. The summed E-state index contributed by atoms with van der Waals surface area (Å²) in [5, 5.41) is 2.75. The molecule has 7 nitrogen and oxygen atoms in total. The number of nitrogens with one attached hydrogen (secondary N) is 1. The van der Waals surface area contributed by atoms with Gasteiger partial charge in [-0.1, -0.05) is 0 Å². The number of ether oxygens (including phenoxy) is 2. The molecule has 1 fully saturated rings. The van der Waals surface area contributed by atoms with Crippen molar-refractivity contribution in [3.63, 3.8) is 0 Å². The van der Waals surface area contributed by atoms with E-state index in [9.17, 15) is 9.59 Å². The molecule has 0 aliphatic carbocycles. The Labute approximate surface area is 136 Å². The first-order chi connectivity index (χ1) is 11.1. The molecule has 128 valence electrons. The van der Waals surface area contributed by atoms with Crippen LogP contribution in [0.2, 0.25) is 0 Å². The summed E-state index contributed by atoms with van der Waals surface area (Å²) in [5.41, 5.74) is 1.25. The van der Waals surface area contributed by atoms with Gasteiger partial charge in [0.2, 0.25) is 5.91 Å². The van der Waals surface area contributed by atoms with Gasteiger partial charge in [-0.2, -0.15) is 4.98 Å². The summed E-state index contributed by atoms with van der Waals surface area (Å²) in [5.74, 6) is -0.188. The van der Waals surface area contributed by atoms with Crippen LogP contribution in [0.15, 0.2) is 10.9 Å². The maximum Gasteiger partial charge on any atom is 0.348 e. The van der Waals surface area contributed by atoms with Crippen LogP contribution in [0.4, 0.5) is 0 Å². The number of carbonyl (C=O) groups is 1.